The summed E-state index contributed by atoms with van der Waals surface area (Å²) in [7, 11) is 0. The molecule has 0 amide bonds. The molecule has 3 aromatic carbocycles. The monoisotopic (exact) mass is 589 g/mol. The average molecular weight is 590 g/mol. The van der Waals surface area contributed by atoms with Gasteiger partial charge in [-0.3, -0.25) is 4.79 Å². The van der Waals surface area contributed by atoms with E-state index in [1.807, 2.05) is 66.7 Å². The predicted octanol–water partition coefficient (Wildman–Crippen LogP) is 8.38. The van der Waals surface area contributed by atoms with E-state index in [0.29, 0.717) is 23.8 Å². The number of ether oxygens (including phenoxy) is 1. The lowest BCUT2D eigenvalue weighted by atomic mass is 9.90. The fourth-order valence-electron chi connectivity index (χ4n) is 4.82. The molecule has 0 bridgehead atoms. The molecule has 0 aliphatic rings. The molecule has 41 heavy (non-hydrogen) atoms. The van der Waals surface area contributed by atoms with Crippen molar-refractivity contribution in [2.24, 2.45) is 5.92 Å². The Labute approximate surface area is 251 Å². The van der Waals surface area contributed by atoms with Crippen molar-refractivity contribution in [2.75, 3.05) is 5.75 Å². The summed E-state index contributed by atoms with van der Waals surface area (Å²) in [5.41, 5.74) is 3.72. The lowest BCUT2D eigenvalue weighted by Crippen LogP contribution is -2.18. The number of benzene rings is 3. The Hall–Kier alpha value is -3.32. The first-order valence-electron chi connectivity index (χ1n) is 13.7. The largest absolute Gasteiger partial charge is 0.487 e. The van der Waals surface area contributed by atoms with Gasteiger partial charge >= 0.3 is 5.97 Å². The molecule has 0 saturated heterocycles. The molecule has 0 fully saturated rings. The van der Waals surface area contributed by atoms with Crippen LogP contribution in [0.25, 0.3) is 10.9 Å². The first-order valence-corrected chi connectivity index (χ1v) is 15.1. The number of nitrogens with zero attached hydrogens (tertiary/aromatic N) is 1. The van der Waals surface area contributed by atoms with Crippen molar-refractivity contribution in [3.63, 3.8) is 0 Å². The van der Waals surface area contributed by atoms with Crippen LogP contribution in [0.4, 0.5) is 0 Å². The normalized spacial score (nSPS) is 13.1. The van der Waals surface area contributed by atoms with Gasteiger partial charge in [0.25, 0.3) is 0 Å². The molecule has 4 rings (SSSR count). The van der Waals surface area contributed by atoms with Gasteiger partial charge < -0.3 is 14.9 Å². The van der Waals surface area contributed by atoms with Crippen LogP contribution in [0, 0.1) is 5.92 Å². The lowest BCUT2D eigenvalue weighted by Gasteiger charge is -2.24. The Kier molecular flexibility index (Phi) is 10.5. The van der Waals surface area contributed by atoms with Crippen LogP contribution in [-0.4, -0.2) is 26.9 Å². The average Bonchev–Trinajstić information content (AvgIpc) is 2.95. The fourth-order valence-corrected chi connectivity index (χ4v) is 6.35. The van der Waals surface area contributed by atoms with Gasteiger partial charge in [0.15, 0.2) is 0 Å². The van der Waals surface area contributed by atoms with E-state index in [4.69, 9.17) is 16.3 Å². The van der Waals surface area contributed by atoms with E-state index in [0.717, 1.165) is 51.9 Å². The molecule has 1 aromatic heterocycles. The Morgan fingerprint density at radius 2 is 1.88 bits per heavy atom. The summed E-state index contributed by atoms with van der Waals surface area (Å²) < 4.78 is 6.15. The standard InChI is InChI=1S/C34H36ClNO4S/c1-4-8-26(33(37)38)22-41-32(18-15-23-9-5-6-12-30(23)34(2,3)39)25-10-7-11-29(19-25)40-21-28-17-14-24-13-16-27(35)20-31(24)36-28/h4-7,9-14,16-17,19-20,26,32,39H,1,8,15,18,21-22H2,2-3H3,(H,37,38)/t26?,32-/m0/s1. The van der Waals surface area contributed by atoms with Crippen LogP contribution in [0.2, 0.25) is 5.02 Å². The van der Waals surface area contributed by atoms with Gasteiger partial charge in [0.05, 0.1) is 22.7 Å². The zero-order chi connectivity index (χ0) is 29.4. The molecule has 1 heterocycles. The zero-order valence-corrected chi connectivity index (χ0v) is 25.0. The topological polar surface area (TPSA) is 79.7 Å². The third-order valence-corrected chi connectivity index (χ3v) is 8.72. The molecular weight excluding hydrogens is 554 g/mol. The van der Waals surface area contributed by atoms with Gasteiger partial charge in [-0.05, 0) is 80.1 Å². The molecule has 0 aliphatic carbocycles. The number of aryl methyl sites for hydroxylation is 1. The fraction of sp³-hybridized carbons (Fsp3) is 0.294. The van der Waals surface area contributed by atoms with Crippen molar-refractivity contribution in [2.45, 2.75) is 50.6 Å². The zero-order valence-electron chi connectivity index (χ0n) is 23.4. The SMILES string of the molecule is C=CCC(CS[C@@H](CCc1ccccc1C(C)(C)O)c1cccc(OCc2ccc3ccc(Cl)cc3n2)c1)C(=O)O. The van der Waals surface area contributed by atoms with Crippen molar-refractivity contribution < 1.29 is 19.7 Å². The number of pyridine rings is 1. The highest BCUT2D eigenvalue weighted by Gasteiger charge is 2.23. The lowest BCUT2D eigenvalue weighted by molar-refractivity contribution is -0.140. The maximum absolute atomic E-state index is 11.8. The van der Waals surface area contributed by atoms with Crippen LogP contribution in [-0.2, 0) is 23.4 Å². The van der Waals surface area contributed by atoms with Crippen LogP contribution in [0.3, 0.4) is 0 Å². The predicted molar refractivity (Wildman–Crippen MR) is 169 cm³/mol. The van der Waals surface area contributed by atoms with Crippen molar-refractivity contribution in [3.8, 4) is 5.75 Å². The van der Waals surface area contributed by atoms with Gasteiger partial charge in [-0.2, -0.15) is 11.8 Å². The number of hydrogen-bond donors (Lipinski definition) is 2. The van der Waals surface area contributed by atoms with E-state index in [1.165, 1.54) is 0 Å². The van der Waals surface area contributed by atoms with E-state index in [-0.39, 0.29) is 5.25 Å². The first-order chi connectivity index (χ1) is 19.6. The molecule has 5 nitrogen and oxygen atoms in total. The number of carboxylic acids is 1. The third kappa shape index (κ3) is 8.59. The molecule has 0 radical (unpaired) electrons. The van der Waals surface area contributed by atoms with Crippen LogP contribution >= 0.6 is 23.4 Å². The minimum absolute atomic E-state index is 0.0287. The summed E-state index contributed by atoms with van der Waals surface area (Å²) in [6.45, 7) is 7.63. The van der Waals surface area contributed by atoms with Crippen molar-refractivity contribution in [3.05, 3.63) is 119 Å². The molecule has 0 aliphatic heterocycles. The van der Waals surface area contributed by atoms with Crippen LogP contribution in [0.15, 0.2) is 91.5 Å². The number of aliphatic carboxylic acids is 1. The van der Waals surface area contributed by atoms with Crippen molar-refractivity contribution >= 4 is 40.2 Å². The number of rotatable bonds is 14. The second-order valence-corrected chi connectivity index (χ2v) is 12.3. The van der Waals surface area contributed by atoms with E-state index in [1.54, 1.807) is 31.7 Å². The number of hydrogen-bond acceptors (Lipinski definition) is 5. The minimum Gasteiger partial charge on any atom is -0.487 e. The summed E-state index contributed by atoms with van der Waals surface area (Å²) in [5, 5.41) is 22.1. The van der Waals surface area contributed by atoms with Crippen molar-refractivity contribution in [1.82, 2.24) is 4.98 Å². The second-order valence-electron chi connectivity index (χ2n) is 10.6. The maximum Gasteiger partial charge on any atom is 0.307 e. The molecule has 214 valence electrons. The summed E-state index contributed by atoms with van der Waals surface area (Å²) >= 11 is 7.78. The quantitative estimate of drug-likeness (QED) is 0.144. The Bertz CT molecular complexity index is 1500. The Balaban J connectivity index is 1.53. The van der Waals surface area contributed by atoms with Crippen LogP contribution < -0.4 is 4.74 Å². The Morgan fingerprint density at radius 3 is 2.63 bits per heavy atom. The number of allylic oxidation sites excluding steroid dienone is 1. The van der Waals surface area contributed by atoms with Gasteiger partial charge in [-0.15, -0.1) is 6.58 Å². The number of thioether (sulfide) groups is 1. The molecule has 4 aromatic rings. The molecule has 2 N–H and O–H groups in total. The van der Waals surface area contributed by atoms with Gasteiger partial charge in [0.1, 0.15) is 12.4 Å². The number of aromatic nitrogens is 1. The van der Waals surface area contributed by atoms with Gasteiger partial charge in [0.2, 0.25) is 0 Å². The highest BCUT2D eigenvalue weighted by molar-refractivity contribution is 7.99. The maximum atomic E-state index is 11.8. The first kappa shape index (κ1) is 30.6. The number of fused-ring (bicyclic) bond motifs is 1. The summed E-state index contributed by atoms with van der Waals surface area (Å²) in [4.78, 5) is 16.5. The Morgan fingerprint density at radius 1 is 1.10 bits per heavy atom. The smallest absolute Gasteiger partial charge is 0.307 e. The number of carboxylic acid groups (broad SMARTS) is 1. The van der Waals surface area contributed by atoms with Gasteiger partial charge in [0, 0.05) is 21.4 Å². The second kappa shape index (κ2) is 14.0. The molecule has 1 unspecified atom stereocenters. The number of halogens is 1. The number of aliphatic hydroxyl groups is 1. The van der Waals surface area contributed by atoms with Crippen molar-refractivity contribution in [1.29, 1.82) is 0 Å². The molecule has 0 spiro atoms. The highest BCUT2D eigenvalue weighted by Crippen LogP contribution is 2.37. The van der Waals surface area contributed by atoms with E-state index < -0.39 is 17.5 Å². The molecular formula is C34H36ClNO4S. The summed E-state index contributed by atoms with van der Waals surface area (Å²) in [5.74, 6) is -0.132. The summed E-state index contributed by atoms with van der Waals surface area (Å²) in [6.07, 6.45) is 3.60. The van der Waals surface area contributed by atoms with Crippen LogP contribution in [0.1, 0.15) is 54.3 Å². The molecule has 2 atom stereocenters. The summed E-state index contributed by atoms with van der Waals surface area (Å²) in [6, 6.07) is 25.5. The van der Waals surface area contributed by atoms with E-state index in [9.17, 15) is 15.0 Å². The highest BCUT2D eigenvalue weighted by atomic mass is 35.5. The van der Waals surface area contributed by atoms with E-state index >= 15 is 0 Å². The van der Waals surface area contributed by atoms with Gasteiger partial charge in [-0.25, -0.2) is 4.98 Å². The van der Waals surface area contributed by atoms with Crippen LogP contribution in [0.5, 0.6) is 5.75 Å². The minimum atomic E-state index is -0.951. The van der Waals surface area contributed by atoms with E-state index in [2.05, 4.69) is 23.7 Å². The molecule has 0 saturated carbocycles. The third-order valence-electron chi connectivity index (χ3n) is 6.98. The molecule has 7 heteroatoms. The van der Waals surface area contributed by atoms with Gasteiger partial charge in [-0.1, -0.05) is 66.2 Å². The number of carbonyl (C=O) groups is 1.